The first kappa shape index (κ1) is 20.2. The molecule has 4 nitrogen and oxygen atoms in total. The number of esters is 1. The summed E-state index contributed by atoms with van der Waals surface area (Å²) in [6, 6.07) is 29.4. The smallest absolute Gasteiger partial charge is 0.363 e. The van der Waals surface area contributed by atoms with Crippen molar-refractivity contribution in [3.05, 3.63) is 118 Å². The third kappa shape index (κ3) is 4.48. The first-order valence-electron chi connectivity index (χ1n) is 10.1. The van der Waals surface area contributed by atoms with Gasteiger partial charge in [-0.15, -0.1) is 0 Å². The van der Waals surface area contributed by atoms with E-state index in [-0.39, 0.29) is 5.70 Å². The maximum Gasteiger partial charge on any atom is 0.363 e. The van der Waals surface area contributed by atoms with E-state index in [9.17, 15) is 4.79 Å². The molecular weight excluding hydrogens is 466 g/mol. The third-order valence-corrected chi connectivity index (χ3v) is 5.63. The molecule has 4 aromatic rings. The Morgan fingerprint density at radius 1 is 0.875 bits per heavy atom. The van der Waals surface area contributed by atoms with Crippen molar-refractivity contribution in [2.75, 3.05) is 0 Å². The minimum Gasteiger partial charge on any atom is -0.489 e. The van der Waals surface area contributed by atoms with E-state index in [0.29, 0.717) is 18.3 Å². The number of fused-ring (bicyclic) bond motifs is 1. The summed E-state index contributed by atoms with van der Waals surface area (Å²) in [5, 5.41) is 2.19. The van der Waals surface area contributed by atoms with Crippen molar-refractivity contribution < 1.29 is 14.3 Å². The Balaban J connectivity index is 1.35. The Bertz CT molecular complexity index is 1370. The minimum atomic E-state index is -0.464. The van der Waals surface area contributed by atoms with E-state index in [1.165, 1.54) is 0 Å². The summed E-state index contributed by atoms with van der Waals surface area (Å²) >= 11 is 3.43. The molecule has 1 aliphatic rings. The summed E-state index contributed by atoms with van der Waals surface area (Å²) in [5.74, 6) is 0.566. The van der Waals surface area contributed by atoms with Gasteiger partial charge in [0.25, 0.3) is 0 Å². The lowest BCUT2D eigenvalue weighted by Gasteiger charge is -2.07. The van der Waals surface area contributed by atoms with Crippen LogP contribution in [0.15, 0.2) is 106 Å². The van der Waals surface area contributed by atoms with Crippen LogP contribution in [-0.4, -0.2) is 11.9 Å². The van der Waals surface area contributed by atoms with Crippen LogP contribution < -0.4 is 4.74 Å². The van der Waals surface area contributed by atoms with Crippen molar-refractivity contribution in [3.63, 3.8) is 0 Å². The molecule has 0 unspecified atom stereocenters. The molecule has 0 radical (unpaired) electrons. The van der Waals surface area contributed by atoms with Gasteiger partial charge in [0, 0.05) is 10.0 Å². The van der Waals surface area contributed by atoms with Crippen molar-refractivity contribution in [3.8, 4) is 5.75 Å². The maximum atomic E-state index is 12.4. The lowest BCUT2D eigenvalue weighted by Crippen LogP contribution is -2.05. The Morgan fingerprint density at radius 2 is 1.69 bits per heavy atom. The highest BCUT2D eigenvalue weighted by Gasteiger charge is 2.24. The van der Waals surface area contributed by atoms with Gasteiger partial charge in [-0.2, -0.15) is 0 Å². The second-order valence-corrected chi connectivity index (χ2v) is 8.30. The largest absolute Gasteiger partial charge is 0.489 e. The molecule has 4 aromatic carbocycles. The summed E-state index contributed by atoms with van der Waals surface area (Å²) in [7, 11) is 0. The van der Waals surface area contributed by atoms with Crippen LogP contribution in [0, 0.1) is 0 Å². The standard InChI is InChI=1S/C27H18BrNO3/c28-23-12-8-18(9-13-23)17-31-24-7-3-4-19(14-24)15-25-27(30)32-26(29-25)22-11-10-20-5-1-2-6-21(20)16-22/h1-16H,17H2/b25-15-. The molecular formula is C27H18BrNO3. The second-order valence-electron chi connectivity index (χ2n) is 7.39. The zero-order valence-electron chi connectivity index (χ0n) is 17.0. The SMILES string of the molecule is O=C1OC(c2ccc3ccccc3c2)=N/C1=C\c1cccc(OCc2ccc(Br)cc2)c1. The molecule has 1 aliphatic heterocycles. The molecule has 32 heavy (non-hydrogen) atoms. The highest BCUT2D eigenvalue weighted by molar-refractivity contribution is 9.10. The van der Waals surface area contributed by atoms with E-state index in [4.69, 9.17) is 9.47 Å². The highest BCUT2D eigenvalue weighted by Crippen LogP contribution is 2.24. The van der Waals surface area contributed by atoms with Gasteiger partial charge < -0.3 is 9.47 Å². The Hall–Kier alpha value is -3.70. The summed E-state index contributed by atoms with van der Waals surface area (Å²) in [4.78, 5) is 16.8. The number of ether oxygens (including phenoxy) is 2. The third-order valence-electron chi connectivity index (χ3n) is 5.10. The van der Waals surface area contributed by atoms with Crippen LogP contribution in [-0.2, 0) is 16.1 Å². The number of halogens is 1. The number of aliphatic imine (C=N–C) groups is 1. The predicted molar refractivity (Wildman–Crippen MR) is 129 cm³/mol. The topological polar surface area (TPSA) is 47.9 Å². The van der Waals surface area contributed by atoms with E-state index >= 15 is 0 Å². The summed E-state index contributed by atoms with van der Waals surface area (Å²) in [5.41, 5.74) is 2.92. The van der Waals surface area contributed by atoms with Gasteiger partial charge in [-0.05, 0) is 64.4 Å². The van der Waals surface area contributed by atoms with Gasteiger partial charge in [0.05, 0.1) is 0 Å². The number of carbonyl (C=O) groups is 1. The van der Waals surface area contributed by atoms with E-state index < -0.39 is 5.97 Å². The minimum absolute atomic E-state index is 0.262. The van der Waals surface area contributed by atoms with Gasteiger partial charge in [0.1, 0.15) is 12.4 Å². The molecule has 0 N–H and O–H groups in total. The number of carbonyl (C=O) groups excluding carboxylic acids is 1. The monoisotopic (exact) mass is 483 g/mol. The molecule has 0 aromatic heterocycles. The normalized spacial score (nSPS) is 14.5. The molecule has 0 bridgehead atoms. The van der Waals surface area contributed by atoms with E-state index in [0.717, 1.165) is 31.9 Å². The number of rotatable bonds is 5. The van der Waals surface area contributed by atoms with Gasteiger partial charge in [0.2, 0.25) is 5.90 Å². The average molecular weight is 484 g/mol. The fourth-order valence-corrected chi connectivity index (χ4v) is 3.72. The number of nitrogens with zero attached hydrogens (tertiary/aromatic N) is 1. The average Bonchev–Trinajstić information content (AvgIpc) is 3.18. The van der Waals surface area contributed by atoms with Gasteiger partial charge >= 0.3 is 5.97 Å². The molecule has 0 saturated carbocycles. The van der Waals surface area contributed by atoms with Crippen LogP contribution in [0.2, 0.25) is 0 Å². The molecule has 0 atom stereocenters. The summed E-state index contributed by atoms with van der Waals surface area (Å²) < 4.78 is 12.4. The Morgan fingerprint density at radius 3 is 2.53 bits per heavy atom. The Kier molecular flexibility index (Phi) is 5.57. The number of hydrogen-bond acceptors (Lipinski definition) is 4. The molecule has 0 spiro atoms. The van der Waals surface area contributed by atoms with E-state index in [1.807, 2.05) is 91.0 Å². The number of benzene rings is 4. The van der Waals surface area contributed by atoms with Crippen LogP contribution in [0.3, 0.4) is 0 Å². The summed E-state index contributed by atoms with van der Waals surface area (Å²) in [6.45, 7) is 0.458. The molecule has 156 valence electrons. The maximum absolute atomic E-state index is 12.4. The van der Waals surface area contributed by atoms with E-state index in [2.05, 4.69) is 20.9 Å². The Labute approximate surface area is 194 Å². The number of cyclic esters (lactones) is 1. The van der Waals surface area contributed by atoms with Crippen LogP contribution in [0.5, 0.6) is 5.75 Å². The van der Waals surface area contributed by atoms with Gasteiger partial charge in [-0.1, -0.05) is 70.5 Å². The van der Waals surface area contributed by atoms with E-state index in [1.54, 1.807) is 6.08 Å². The van der Waals surface area contributed by atoms with Crippen molar-refractivity contribution in [1.29, 1.82) is 0 Å². The molecule has 0 amide bonds. The molecule has 0 fully saturated rings. The van der Waals surface area contributed by atoms with Crippen molar-refractivity contribution >= 4 is 44.6 Å². The fraction of sp³-hybridized carbons (Fsp3) is 0.0370. The molecule has 0 aliphatic carbocycles. The van der Waals surface area contributed by atoms with Crippen LogP contribution in [0.25, 0.3) is 16.8 Å². The van der Waals surface area contributed by atoms with Crippen LogP contribution >= 0.6 is 15.9 Å². The highest BCUT2D eigenvalue weighted by atomic mass is 79.9. The van der Waals surface area contributed by atoms with Crippen LogP contribution in [0.4, 0.5) is 0 Å². The first-order chi connectivity index (χ1) is 15.6. The second kappa shape index (κ2) is 8.81. The van der Waals surface area contributed by atoms with Gasteiger partial charge in [-0.25, -0.2) is 9.79 Å². The van der Waals surface area contributed by atoms with Crippen LogP contribution in [0.1, 0.15) is 16.7 Å². The molecule has 5 rings (SSSR count). The molecule has 1 heterocycles. The number of hydrogen-bond donors (Lipinski definition) is 0. The molecule has 0 saturated heterocycles. The van der Waals surface area contributed by atoms with Crippen molar-refractivity contribution in [1.82, 2.24) is 0 Å². The summed E-state index contributed by atoms with van der Waals surface area (Å²) in [6.07, 6.45) is 1.71. The van der Waals surface area contributed by atoms with Gasteiger partial charge in [0.15, 0.2) is 5.70 Å². The zero-order valence-corrected chi connectivity index (χ0v) is 18.6. The van der Waals surface area contributed by atoms with Gasteiger partial charge in [-0.3, -0.25) is 0 Å². The van der Waals surface area contributed by atoms with Crippen molar-refractivity contribution in [2.24, 2.45) is 4.99 Å². The quantitative estimate of drug-likeness (QED) is 0.239. The lowest BCUT2D eigenvalue weighted by atomic mass is 10.1. The predicted octanol–water partition coefficient (Wildman–Crippen LogP) is 6.53. The lowest BCUT2D eigenvalue weighted by molar-refractivity contribution is -0.129. The first-order valence-corrected chi connectivity index (χ1v) is 10.9. The fourth-order valence-electron chi connectivity index (χ4n) is 3.45. The molecule has 5 heteroatoms. The zero-order chi connectivity index (χ0) is 21.9. The van der Waals surface area contributed by atoms with Crippen molar-refractivity contribution in [2.45, 2.75) is 6.61 Å².